The third kappa shape index (κ3) is 3.26. The van der Waals surface area contributed by atoms with E-state index in [2.05, 4.69) is 114 Å². The van der Waals surface area contributed by atoms with Crippen LogP contribution in [0.25, 0.3) is 110 Å². The van der Waals surface area contributed by atoms with Gasteiger partial charge in [0.05, 0.1) is 11.4 Å². The maximum atomic E-state index is 6.81. The lowest BCUT2D eigenvalue weighted by Gasteiger charge is -2.28. The van der Waals surface area contributed by atoms with Gasteiger partial charge < -0.3 is 22.6 Å². The molecule has 0 bridgehead atoms. The standard InChI is InChI=1S/C46H23NO4/c1-2-8-28(9-3-1)47(29-20-26-14-18-33-45-41(26)37(22-29)50-35-16-12-24-6-4-10-31(48-33)39(24)43(35)45)30-21-27-15-19-34-46-42(27)38(23-30)51-36-17-13-25-7-5-11-32(49-34)40(25)44(36)46/h1-23H. The Balaban J connectivity index is 1.11. The van der Waals surface area contributed by atoms with E-state index in [1.807, 2.05) is 30.3 Å². The Hall–Kier alpha value is -6.98. The first-order chi connectivity index (χ1) is 25.2. The molecule has 5 heteroatoms. The van der Waals surface area contributed by atoms with Crippen LogP contribution >= 0.6 is 0 Å². The van der Waals surface area contributed by atoms with Crippen LogP contribution in [0.5, 0.6) is 0 Å². The minimum Gasteiger partial charge on any atom is -0.456 e. The fraction of sp³-hybridized carbons (Fsp3) is 0. The third-order valence-corrected chi connectivity index (χ3v) is 10.9. The van der Waals surface area contributed by atoms with Crippen molar-refractivity contribution in [1.29, 1.82) is 0 Å². The molecule has 5 nitrogen and oxygen atoms in total. The van der Waals surface area contributed by atoms with E-state index < -0.39 is 0 Å². The van der Waals surface area contributed by atoms with Crippen molar-refractivity contribution in [2.24, 2.45) is 0 Å². The molecule has 0 N–H and O–H groups in total. The fourth-order valence-corrected chi connectivity index (χ4v) is 8.86. The molecule has 9 aromatic carbocycles. The minimum absolute atomic E-state index is 0.802. The second-order valence-electron chi connectivity index (χ2n) is 13.6. The number of para-hydroxylation sites is 1. The zero-order valence-corrected chi connectivity index (χ0v) is 26.9. The minimum atomic E-state index is 0.802. The van der Waals surface area contributed by atoms with Gasteiger partial charge in [0.15, 0.2) is 0 Å². The van der Waals surface area contributed by atoms with Gasteiger partial charge in [0, 0.05) is 61.6 Å². The lowest BCUT2D eigenvalue weighted by molar-refractivity contribution is 0.646. The first kappa shape index (κ1) is 26.0. The molecule has 0 unspecified atom stereocenters. The normalized spacial score (nSPS) is 12.7. The molecule has 236 valence electrons. The second-order valence-corrected chi connectivity index (χ2v) is 13.6. The second kappa shape index (κ2) is 8.97. The summed E-state index contributed by atoms with van der Waals surface area (Å²) >= 11 is 0. The summed E-state index contributed by atoms with van der Waals surface area (Å²) in [5, 5.41) is 8.75. The van der Waals surface area contributed by atoms with Crippen LogP contribution in [-0.4, -0.2) is 0 Å². The molecule has 0 radical (unpaired) electrons. The van der Waals surface area contributed by atoms with Gasteiger partial charge in [0.1, 0.15) is 44.7 Å². The van der Waals surface area contributed by atoms with Crippen molar-refractivity contribution in [1.82, 2.24) is 0 Å². The Labute approximate surface area is 288 Å². The molecule has 13 rings (SSSR count). The maximum Gasteiger partial charge on any atom is 0.138 e. The Morgan fingerprint density at radius 3 is 1.16 bits per heavy atom. The van der Waals surface area contributed by atoms with Crippen LogP contribution in [0.2, 0.25) is 0 Å². The van der Waals surface area contributed by atoms with E-state index in [4.69, 9.17) is 17.7 Å². The first-order valence-electron chi connectivity index (χ1n) is 17.2. The van der Waals surface area contributed by atoms with Gasteiger partial charge in [-0.2, -0.15) is 0 Å². The molecule has 9 aromatic rings. The van der Waals surface area contributed by atoms with Crippen molar-refractivity contribution < 1.29 is 17.7 Å². The highest BCUT2D eigenvalue weighted by Gasteiger charge is 2.28. The number of hydrogen-bond donors (Lipinski definition) is 0. The van der Waals surface area contributed by atoms with E-state index in [1.165, 1.54) is 0 Å². The summed E-state index contributed by atoms with van der Waals surface area (Å²) in [5.74, 6) is 0. The van der Waals surface area contributed by atoms with Crippen LogP contribution in [0.15, 0.2) is 157 Å². The summed E-state index contributed by atoms with van der Waals surface area (Å²) in [6.07, 6.45) is 0. The Kier molecular flexibility index (Phi) is 4.57. The van der Waals surface area contributed by atoms with Gasteiger partial charge in [0.25, 0.3) is 0 Å². The quantitative estimate of drug-likeness (QED) is 0.140. The summed E-state index contributed by atoms with van der Waals surface area (Å²) in [6.45, 7) is 0. The Morgan fingerprint density at radius 1 is 0.275 bits per heavy atom. The van der Waals surface area contributed by atoms with Gasteiger partial charge in [-0.15, -0.1) is 0 Å². The summed E-state index contributed by atoms with van der Waals surface area (Å²) in [5.41, 5.74) is 14.1. The molecule has 0 aliphatic carbocycles. The van der Waals surface area contributed by atoms with Crippen LogP contribution in [0.3, 0.4) is 0 Å². The van der Waals surface area contributed by atoms with Crippen molar-refractivity contribution in [3.8, 4) is 22.3 Å². The predicted octanol–water partition coefficient (Wildman–Crippen LogP) is 13.8. The van der Waals surface area contributed by atoms with Gasteiger partial charge in [0.2, 0.25) is 0 Å². The lowest BCUT2D eigenvalue weighted by atomic mass is 9.89. The van der Waals surface area contributed by atoms with Gasteiger partial charge in [-0.1, -0.05) is 66.7 Å². The van der Waals surface area contributed by atoms with Crippen molar-refractivity contribution in [2.45, 2.75) is 0 Å². The predicted molar refractivity (Wildman–Crippen MR) is 206 cm³/mol. The van der Waals surface area contributed by atoms with Crippen LogP contribution in [0.1, 0.15) is 0 Å². The van der Waals surface area contributed by atoms with Crippen molar-refractivity contribution in [3.05, 3.63) is 140 Å². The molecule has 0 fully saturated rings. The zero-order chi connectivity index (χ0) is 32.9. The van der Waals surface area contributed by atoms with Gasteiger partial charge in [-0.3, -0.25) is 0 Å². The monoisotopic (exact) mass is 653 g/mol. The van der Waals surface area contributed by atoms with Crippen molar-refractivity contribution >= 4 is 105 Å². The van der Waals surface area contributed by atoms with Crippen LogP contribution in [0, 0.1) is 0 Å². The number of benzene rings is 9. The largest absolute Gasteiger partial charge is 0.456 e. The average Bonchev–Trinajstić information content (AvgIpc) is 3.17. The van der Waals surface area contributed by atoms with Crippen LogP contribution in [0.4, 0.5) is 17.1 Å². The van der Waals surface area contributed by atoms with Gasteiger partial charge >= 0.3 is 0 Å². The number of hydrogen-bond acceptors (Lipinski definition) is 5. The lowest BCUT2D eigenvalue weighted by Crippen LogP contribution is -2.10. The summed E-state index contributed by atoms with van der Waals surface area (Å²) < 4.78 is 26.6. The molecule has 4 aliphatic rings. The molecular formula is C46H23NO4. The molecule has 0 amide bonds. The Morgan fingerprint density at radius 2 is 0.686 bits per heavy atom. The van der Waals surface area contributed by atoms with Crippen LogP contribution in [-0.2, 0) is 0 Å². The van der Waals surface area contributed by atoms with Gasteiger partial charge in [-0.05, 0) is 82.2 Å². The smallest absolute Gasteiger partial charge is 0.138 e. The average molecular weight is 654 g/mol. The highest BCUT2D eigenvalue weighted by atomic mass is 16.3. The number of rotatable bonds is 3. The van der Waals surface area contributed by atoms with Crippen LogP contribution < -0.4 is 4.90 Å². The molecule has 0 saturated carbocycles. The summed E-state index contributed by atoms with van der Waals surface area (Å²) in [7, 11) is 0. The summed E-state index contributed by atoms with van der Waals surface area (Å²) in [6, 6.07) is 48.6. The van der Waals surface area contributed by atoms with E-state index in [0.29, 0.717) is 0 Å². The first-order valence-corrected chi connectivity index (χ1v) is 17.2. The molecule has 51 heavy (non-hydrogen) atoms. The number of nitrogens with zero attached hydrogens (tertiary/aromatic N) is 1. The molecular weight excluding hydrogens is 631 g/mol. The highest BCUT2D eigenvalue weighted by molar-refractivity contribution is 6.25. The zero-order valence-electron chi connectivity index (χ0n) is 26.9. The molecule has 0 atom stereocenters. The van der Waals surface area contributed by atoms with E-state index in [-0.39, 0.29) is 0 Å². The maximum absolute atomic E-state index is 6.81. The van der Waals surface area contributed by atoms with Crippen molar-refractivity contribution in [3.63, 3.8) is 0 Å². The van der Waals surface area contributed by atoms with E-state index in [0.717, 1.165) is 127 Å². The molecule has 0 saturated heterocycles. The molecule has 0 spiro atoms. The summed E-state index contributed by atoms with van der Waals surface area (Å²) in [4.78, 5) is 2.28. The Bertz CT molecular complexity index is 3220. The molecule has 4 heterocycles. The number of anilines is 3. The van der Waals surface area contributed by atoms with E-state index in [9.17, 15) is 0 Å². The van der Waals surface area contributed by atoms with Crippen molar-refractivity contribution in [2.75, 3.05) is 4.90 Å². The fourth-order valence-electron chi connectivity index (χ4n) is 8.86. The topological polar surface area (TPSA) is 55.8 Å². The van der Waals surface area contributed by atoms with E-state index >= 15 is 0 Å². The SMILES string of the molecule is c1ccc(N(c2cc3ccc4oc5cccc6ccc7oc(c2)c3c4-c7c65)c2cc3ccc4oc5cccc6ccc7oc(c2)c3c4-c7c65)cc1. The molecule has 4 aliphatic heterocycles. The third-order valence-electron chi connectivity index (χ3n) is 10.9. The highest BCUT2D eigenvalue weighted by Crippen LogP contribution is 2.52. The molecule has 0 aromatic heterocycles. The van der Waals surface area contributed by atoms with Gasteiger partial charge in [-0.25, -0.2) is 0 Å². The van der Waals surface area contributed by atoms with E-state index in [1.54, 1.807) is 0 Å².